The van der Waals surface area contributed by atoms with Gasteiger partial charge in [-0.3, -0.25) is 0 Å². The van der Waals surface area contributed by atoms with Crippen LogP contribution in [0.2, 0.25) is 0 Å². The zero-order valence-electron chi connectivity index (χ0n) is 12.7. The lowest BCUT2D eigenvalue weighted by molar-refractivity contribution is -0.185. The van der Waals surface area contributed by atoms with Crippen LogP contribution < -0.4 is 0 Å². The van der Waals surface area contributed by atoms with Crippen molar-refractivity contribution in [3.8, 4) is 0 Å². The SMILES string of the molecule is CC1=CC2CC3(CCCC(C)(C)C3CC2(C)C)O1. The zero-order chi connectivity index (χ0) is 13.2. The third-order valence-electron chi connectivity index (χ3n) is 6.10. The zero-order valence-corrected chi connectivity index (χ0v) is 12.7. The van der Waals surface area contributed by atoms with Crippen molar-refractivity contribution >= 4 is 0 Å². The molecule has 0 radical (unpaired) electrons. The van der Waals surface area contributed by atoms with E-state index < -0.39 is 0 Å². The second kappa shape index (κ2) is 3.55. The third-order valence-corrected chi connectivity index (χ3v) is 6.10. The van der Waals surface area contributed by atoms with Gasteiger partial charge < -0.3 is 4.74 Å². The maximum atomic E-state index is 6.44. The Morgan fingerprint density at radius 2 is 1.78 bits per heavy atom. The highest BCUT2D eigenvalue weighted by Crippen LogP contribution is 2.62. The molecule has 18 heavy (non-hydrogen) atoms. The van der Waals surface area contributed by atoms with Gasteiger partial charge in [-0.1, -0.05) is 27.7 Å². The Morgan fingerprint density at radius 1 is 1.06 bits per heavy atom. The highest BCUT2D eigenvalue weighted by Gasteiger charge is 2.59. The smallest absolute Gasteiger partial charge is 0.112 e. The first kappa shape index (κ1) is 12.6. The summed E-state index contributed by atoms with van der Waals surface area (Å²) in [7, 11) is 0. The maximum Gasteiger partial charge on any atom is 0.112 e. The van der Waals surface area contributed by atoms with Gasteiger partial charge in [-0.05, 0) is 61.9 Å². The second-order valence-corrected chi connectivity index (χ2v) is 8.34. The van der Waals surface area contributed by atoms with Gasteiger partial charge in [-0.25, -0.2) is 0 Å². The van der Waals surface area contributed by atoms with Crippen LogP contribution in [0.1, 0.15) is 66.7 Å². The largest absolute Gasteiger partial charge is 0.492 e. The average Bonchev–Trinajstić information content (AvgIpc) is 2.21. The minimum absolute atomic E-state index is 0.167. The number of fused-ring (bicyclic) bond motifs is 1. The van der Waals surface area contributed by atoms with Gasteiger partial charge in [0.05, 0.1) is 5.76 Å². The van der Waals surface area contributed by atoms with Gasteiger partial charge in [0.15, 0.2) is 0 Å². The minimum Gasteiger partial charge on any atom is -0.492 e. The van der Waals surface area contributed by atoms with Gasteiger partial charge in [0.1, 0.15) is 5.60 Å². The molecule has 102 valence electrons. The van der Waals surface area contributed by atoms with Gasteiger partial charge in [-0.2, -0.15) is 0 Å². The average molecular weight is 248 g/mol. The number of hydrogen-bond donors (Lipinski definition) is 0. The number of ether oxygens (including phenoxy) is 1. The first-order valence-corrected chi connectivity index (χ1v) is 7.63. The fraction of sp³-hybridized carbons (Fsp3) is 0.882. The Bertz CT molecular complexity index is 390. The predicted octanol–water partition coefficient (Wildman–Crippen LogP) is 4.92. The highest BCUT2D eigenvalue weighted by atomic mass is 16.5. The molecule has 0 N–H and O–H groups in total. The minimum atomic E-state index is 0.167. The fourth-order valence-electron chi connectivity index (χ4n) is 5.02. The van der Waals surface area contributed by atoms with Crippen LogP contribution in [-0.2, 0) is 4.74 Å². The highest BCUT2D eigenvalue weighted by molar-refractivity contribution is 5.17. The molecule has 0 aromatic carbocycles. The van der Waals surface area contributed by atoms with Crippen molar-refractivity contribution < 1.29 is 4.74 Å². The molecule has 1 nitrogen and oxygen atoms in total. The quantitative estimate of drug-likeness (QED) is 0.591. The summed E-state index contributed by atoms with van der Waals surface area (Å²) < 4.78 is 6.44. The van der Waals surface area contributed by atoms with Crippen molar-refractivity contribution in [3.63, 3.8) is 0 Å². The van der Waals surface area contributed by atoms with Crippen LogP contribution in [0, 0.1) is 22.7 Å². The first-order valence-electron chi connectivity index (χ1n) is 7.63. The van der Waals surface area contributed by atoms with Crippen molar-refractivity contribution in [2.45, 2.75) is 72.3 Å². The molecule has 1 spiro atoms. The predicted molar refractivity (Wildman–Crippen MR) is 75.2 cm³/mol. The summed E-state index contributed by atoms with van der Waals surface area (Å²) in [4.78, 5) is 0. The number of hydrogen-bond acceptors (Lipinski definition) is 1. The van der Waals surface area contributed by atoms with E-state index in [0.717, 1.165) is 11.8 Å². The van der Waals surface area contributed by atoms with Crippen molar-refractivity contribution in [3.05, 3.63) is 11.8 Å². The summed E-state index contributed by atoms with van der Waals surface area (Å²) in [6.45, 7) is 12.0. The van der Waals surface area contributed by atoms with Crippen LogP contribution in [-0.4, -0.2) is 5.60 Å². The Labute approximate surface area is 112 Å². The fourth-order valence-corrected chi connectivity index (χ4v) is 5.02. The molecule has 2 bridgehead atoms. The van der Waals surface area contributed by atoms with Gasteiger partial charge in [0.25, 0.3) is 0 Å². The summed E-state index contributed by atoms with van der Waals surface area (Å²) in [5, 5.41) is 0. The molecular formula is C17H28O. The lowest BCUT2D eigenvalue weighted by atomic mass is 9.48. The van der Waals surface area contributed by atoms with Crippen LogP contribution in [0.5, 0.6) is 0 Å². The van der Waals surface area contributed by atoms with Crippen molar-refractivity contribution in [2.75, 3.05) is 0 Å². The molecule has 2 fully saturated rings. The lowest BCUT2D eigenvalue weighted by Gasteiger charge is -2.61. The van der Waals surface area contributed by atoms with Crippen LogP contribution in [0.3, 0.4) is 0 Å². The summed E-state index contributed by atoms with van der Waals surface area (Å²) in [5.41, 5.74) is 1.05. The Morgan fingerprint density at radius 3 is 2.50 bits per heavy atom. The van der Waals surface area contributed by atoms with E-state index in [1.807, 2.05) is 0 Å². The molecule has 1 heteroatoms. The molecule has 0 aromatic rings. The van der Waals surface area contributed by atoms with E-state index >= 15 is 0 Å². The molecule has 0 amide bonds. The summed E-state index contributed by atoms with van der Waals surface area (Å²) in [5.74, 6) is 2.63. The molecule has 3 aliphatic rings. The first-order chi connectivity index (χ1) is 8.25. The summed E-state index contributed by atoms with van der Waals surface area (Å²) in [6.07, 6.45) is 8.96. The molecule has 3 atom stereocenters. The van der Waals surface area contributed by atoms with E-state index in [-0.39, 0.29) is 5.60 Å². The van der Waals surface area contributed by atoms with Crippen LogP contribution in [0.4, 0.5) is 0 Å². The van der Waals surface area contributed by atoms with Gasteiger partial charge in [0, 0.05) is 5.92 Å². The van der Waals surface area contributed by atoms with Crippen LogP contribution in [0.15, 0.2) is 11.8 Å². The molecule has 1 aliphatic heterocycles. The van der Waals surface area contributed by atoms with Crippen LogP contribution >= 0.6 is 0 Å². The van der Waals surface area contributed by atoms with Crippen molar-refractivity contribution in [2.24, 2.45) is 22.7 Å². The standard InChI is InChI=1S/C17H28O/c1-12-9-13-10-17(18-12)8-6-7-15(2,3)14(17)11-16(13,4)5/h9,13-14H,6-8,10-11H2,1-5H3. The number of rotatable bonds is 0. The molecule has 1 heterocycles. The normalized spacial score (nSPS) is 44.6. The molecule has 3 rings (SSSR count). The maximum absolute atomic E-state index is 6.44. The Kier molecular flexibility index (Phi) is 2.48. The molecule has 0 saturated heterocycles. The number of allylic oxidation sites excluding steroid dienone is 2. The third kappa shape index (κ3) is 1.66. The van der Waals surface area contributed by atoms with E-state index in [0.29, 0.717) is 10.8 Å². The second-order valence-electron chi connectivity index (χ2n) is 8.34. The molecular weight excluding hydrogens is 220 g/mol. The van der Waals surface area contributed by atoms with E-state index in [9.17, 15) is 0 Å². The van der Waals surface area contributed by atoms with E-state index in [4.69, 9.17) is 4.74 Å². The Balaban J connectivity index is 2.05. The topological polar surface area (TPSA) is 9.23 Å². The van der Waals surface area contributed by atoms with Crippen LogP contribution in [0.25, 0.3) is 0 Å². The summed E-state index contributed by atoms with van der Waals surface area (Å²) >= 11 is 0. The van der Waals surface area contributed by atoms with Crippen molar-refractivity contribution in [1.82, 2.24) is 0 Å². The van der Waals surface area contributed by atoms with Crippen molar-refractivity contribution in [1.29, 1.82) is 0 Å². The monoisotopic (exact) mass is 248 g/mol. The molecule has 2 saturated carbocycles. The van der Waals surface area contributed by atoms with Gasteiger partial charge in [-0.15, -0.1) is 0 Å². The van der Waals surface area contributed by atoms with E-state index in [2.05, 4.69) is 40.7 Å². The molecule has 2 aliphatic carbocycles. The molecule has 3 unspecified atom stereocenters. The van der Waals surface area contributed by atoms with Gasteiger partial charge in [0.2, 0.25) is 0 Å². The lowest BCUT2D eigenvalue weighted by Crippen LogP contribution is -2.59. The van der Waals surface area contributed by atoms with Gasteiger partial charge >= 0.3 is 0 Å². The van der Waals surface area contributed by atoms with E-state index in [1.54, 1.807) is 0 Å². The molecule has 0 aromatic heterocycles. The Hall–Kier alpha value is -0.460. The van der Waals surface area contributed by atoms with E-state index in [1.165, 1.54) is 37.9 Å². The summed E-state index contributed by atoms with van der Waals surface area (Å²) in [6, 6.07) is 0.